The van der Waals surface area contributed by atoms with Crippen molar-refractivity contribution in [2.24, 2.45) is 0 Å². The van der Waals surface area contributed by atoms with E-state index in [4.69, 9.17) is 30.3 Å². The van der Waals surface area contributed by atoms with Crippen molar-refractivity contribution < 1.29 is 75.8 Å². The second-order valence-electron chi connectivity index (χ2n) is 2.97. The number of hydrogen-bond donors (Lipinski definition) is 4. The molecule has 0 aromatic rings. The van der Waals surface area contributed by atoms with Crippen LogP contribution in [0, 0.1) is 31.1 Å². The molecule has 0 aliphatic heterocycles. The summed E-state index contributed by atoms with van der Waals surface area (Å²) in [6, 6.07) is 0. The van der Waals surface area contributed by atoms with Gasteiger partial charge in [0.25, 0.3) is 0 Å². The first-order valence-corrected chi connectivity index (χ1v) is 4.08. The van der Waals surface area contributed by atoms with Gasteiger partial charge in [-0.15, -0.1) is 0 Å². The molecular weight excluding hydrogens is 478 g/mol. The van der Waals surface area contributed by atoms with E-state index >= 15 is 0 Å². The van der Waals surface area contributed by atoms with E-state index in [2.05, 4.69) is 0 Å². The summed E-state index contributed by atoms with van der Waals surface area (Å²) in [5.74, 6) is -6.10. The van der Waals surface area contributed by atoms with E-state index in [9.17, 15) is 14.4 Å². The Hall–Kier alpha value is -1.11. The summed E-state index contributed by atoms with van der Waals surface area (Å²) in [5, 5.41) is 42.7. The molecule has 0 radical (unpaired) electrons. The molecule has 0 atom stereocenters. The van der Waals surface area contributed by atoms with Crippen LogP contribution in [0.1, 0.15) is 19.8 Å². The van der Waals surface area contributed by atoms with Gasteiger partial charge in [-0.1, -0.05) is 0 Å². The maximum absolute atomic E-state index is 10.3. The van der Waals surface area contributed by atoms with E-state index in [0.29, 0.717) is 0 Å². The van der Waals surface area contributed by atoms with Crippen LogP contribution in [-0.2, 0) is 19.2 Å². The second-order valence-corrected chi connectivity index (χ2v) is 2.97. The van der Waals surface area contributed by atoms with Gasteiger partial charge in [-0.25, -0.2) is 4.79 Å². The van der Waals surface area contributed by atoms with E-state index in [1.165, 1.54) is 0 Å². The van der Waals surface area contributed by atoms with E-state index < -0.39 is 42.3 Å². The molecule has 0 saturated heterocycles. The predicted molar refractivity (Wildman–Crippen MR) is 47.8 cm³/mol. The molecule has 102 valence electrons. The van der Waals surface area contributed by atoms with E-state index in [1.807, 2.05) is 0 Å². The fraction of sp³-hybridized carbons (Fsp3) is 0.500. The van der Waals surface area contributed by atoms with Crippen molar-refractivity contribution in [1.29, 1.82) is 0 Å². The van der Waals surface area contributed by atoms with Crippen LogP contribution >= 0.6 is 0 Å². The first kappa shape index (κ1) is 22.1. The van der Waals surface area contributed by atoms with Gasteiger partial charge in [0.1, 0.15) is 0 Å². The standard InChI is InChI=1S/C6H8O7.C2H4O2.U/c7-3(8)1-6(13,5(11)12)2-4(9)10;1-2(3)4;/h13H,1-2H2,(H,7,8)(H,9,10)(H,11,12);1H3,(H,3,4);/p-1. The summed E-state index contributed by atoms with van der Waals surface area (Å²) < 4.78 is 0. The number of carboxylic acids is 4. The summed E-state index contributed by atoms with van der Waals surface area (Å²) in [5.41, 5.74) is -2.74. The van der Waals surface area contributed by atoms with Crippen molar-refractivity contribution in [3.63, 3.8) is 0 Å². The first-order chi connectivity index (χ1) is 7.51. The third-order valence-electron chi connectivity index (χ3n) is 1.29. The molecule has 0 aliphatic carbocycles. The number of aliphatic hydroxyl groups is 1. The van der Waals surface area contributed by atoms with Crippen LogP contribution in [0.3, 0.4) is 0 Å². The Bertz CT molecular complexity index is 305. The molecule has 0 fully saturated rings. The van der Waals surface area contributed by atoms with E-state index in [1.54, 1.807) is 0 Å². The maximum Gasteiger partial charge on any atom is 0.336 e. The molecule has 9 nitrogen and oxygen atoms in total. The minimum Gasteiger partial charge on any atom is -0.550 e. The second kappa shape index (κ2) is 9.87. The largest absolute Gasteiger partial charge is 0.550 e. The number of hydrogen-bond acceptors (Lipinski definition) is 6. The molecule has 0 spiro atoms. The Labute approximate surface area is 125 Å². The van der Waals surface area contributed by atoms with Gasteiger partial charge in [0.05, 0.1) is 12.8 Å². The van der Waals surface area contributed by atoms with Crippen LogP contribution in [-0.4, -0.2) is 49.9 Å². The van der Waals surface area contributed by atoms with Crippen LogP contribution in [0.25, 0.3) is 0 Å². The zero-order valence-corrected chi connectivity index (χ0v) is 13.4. The molecule has 0 aromatic heterocycles. The van der Waals surface area contributed by atoms with Crippen molar-refractivity contribution in [2.75, 3.05) is 0 Å². The van der Waals surface area contributed by atoms with Crippen LogP contribution < -0.4 is 5.11 Å². The minimum atomic E-state index is -2.74. The third kappa shape index (κ3) is 13.0. The minimum absolute atomic E-state index is 0. The van der Waals surface area contributed by atoms with Crippen LogP contribution in [0.2, 0.25) is 0 Å². The van der Waals surface area contributed by atoms with Crippen molar-refractivity contribution in [1.82, 2.24) is 0 Å². The Morgan fingerprint density at radius 1 is 1.00 bits per heavy atom. The van der Waals surface area contributed by atoms with Gasteiger partial charge < -0.3 is 30.3 Å². The first-order valence-electron chi connectivity index (χ1n) is 4.08. The number of carbonyl (C=O) groups excluding carboxylic acids is 1. The summed E-state index contributed by atoms with van der Waals surface area (Å²) in [6.07, 6.45) is -2.29. The number of rotatable bonds is 5. The molecule has 0 saturated carbocycles. The van der Waals surface area contributed by atoms with Crippen molar-refractivity contribution in [3.8, 4) is 0 Å². The molecule has 0 amide bonds. The SMILES string of the molecule is CC(=O)[O-].O=C(O)CC(O)(CC(=O)O)C(=O)O.[U]. The molecule has 0 heterocycles. The third-order valence-corrected chi connectivity index (χ3v) is 1.29. The average molecular weight is 489 g/mol. The molecule has 10 heteroatoms. The molecule has 0 aliphatic rings. The van der Waals surface area contributed by atoms with Crippen LogP contribution in [0.4, 0.5) is 0 Å². The predicted octanol–water partition coefficient (Wildman–Crippen LogP) is -2.49. The van der Waals surface area contributed by atoms with Crippen molar-refractivity contribution in [3.05, 3.63) is 0 Å². The Morgan fingerprint density at radius 3 is 1.33 bits per heavy atom. The van der Waals surface area contributed by atoms with Gasteiger partial charge in [0, 0.05) is 37.1 Å². The zero-order valence-electron chi connectivity index (χ0n) is 9.24. The Kier molecular flexibility index (Phi) is 12.1. The van der Waals surface area contributed by atoms with Crippen molar-refractivity contribution in [2.45, 2.75) is 25.4 Å². The fourth-order valence-corrected chi connectivity index (χ4v) is 0.714. The number of carboxylic acid groups (broad SMARTS) is 4. The molecule has 0 rings (SSSR count). The molecule has 4 N–H and O–H groups in total. The average Bonchev–Trinajstić information content (AvgIpc) is 1.98. The Balaban J connectivity index is -0.000000392. The quantitative estimate of drug-likeness (QED) is 0.326. The number of carbonyl (C=O) groups is 4. The van der Waals surface area contributed by atoms with Gasteiger partial charge in [-0.2, -0.15) is 0 Å². The normalized spacial score (nSPS) is 9.22. The summed E-state index contributed by atoms with van der Waals surface area (Å²) in [4.78, 5) is 39.4. The van der Waals surface area contributed by atoms with Crippen molar-refractivity contribution >= 4 is 23.9 Å². The monoisotopic (exact) mass is 489 g/mol. The topological polar surface area (TPSA) is 172 Å². The van der Waals surface area contributed by atoms with E-state index in [-0.39, 0.29) is 31.1 Å². The van der Waals surface area contributed by atoms with E-state index in [0.717, 1.165) is 6.92 Å². The summed E-state index contributed by atoms with van der Waals surface area (Å²) in [6.45, 7) is 0.972. The van der Waals surface area contributed by atoms with Gasteiger partial charge in [0.15, 0.2) is 5.60 Å². The molecule has 18 heavy (non-hydrogen) atoms. The van der Waals surface area contributed by atoms with Gasteiger partial charge in [-0.3, -0.25) is 9.59 Å². The molecule has 0 bridgehead atoms. The molecule has 0 unspecified atom stereocenters. The molecule has 0 aromatic carbocycles. The van der Waals surface area contributed by atoms with Gasteiger partial charge >= 0.3 is 17.9 Å². The maximum atomic E-state index is 10.3. The Morgan fingerprint density at radius 2 is 1.22 bits per heavy atom. The molecular formula is C8H11O9U-. The summed E-state index contributed by atoms with van der Waals surface area (Å²) >= 11 is 0. The van der Waals surface area contributed by atoms with Gasteiger partial charge in [-0.05, 0) is 6.92 Å². The van der Waals surface area contributed by atoms with Crippen LogP contribution in [0.15, 0.2) is 0 Å². The van der Waals surface area contributed by atoms with Crippen LogP contribution in [0.5, 0.6) is 0 Å². The smallest absolute Gasteiger partial charge is 0.336 e. The number of aliphatic carboxylic acids is 4. The zero-order chi connectivity index (χ0) is 14.2. The summed E-state index contributed by atoms with van der Waals surface area (Å²) in [7, 11) is 0. The fourth-order valence-electron chi connectivity index (χ4n) is 0.714. The van der Waals surface area contributed by atoms with Gasteiger partial charge in [0.2, 0.25) is 0 Å².